The average Bonchev–Trinajstić information content (AvgIpc) is 2.30. The van der Waals surface area contributed by atoms with Gasteiger partial charge in [-0.05, 0) is 13.0 Å². The first-order valence-corrected chi connectivity index (χ1v) is 5.74. The second-order valence-corrected chi connectivity index (χ2v) is 4.33. The molecule has 2 heterocycles. The zero-order valence-electron chi connectivity index (χ0n) is 9.71. The fourth-order valence-electron chi connectivity index (χ4n) is 2.04. The fraction of sp³-hybridized carbons (Fsp3) is 0.636. The molecule has 5 nitrogen and oxygen atoms in total. The molecule has 0 aromatic carbocycles. The van der Waals surface area contributed by atoms with E-state index in [1.54, 1.807) is 12.5 Å². The Labute approximate surface area is 96.3 Å². The van der Waals surface area contributed by atoms with Gasteiger partial charge in [0.05, 0.1) is 0 Å². The molecular formula is C11H19N5. The molecule has 2 N–H and O–H groups in total. The fourth-order valence-corrected chi connectivity index (χ4v) is 2.04. The quantitative estimate of drug-likeness (QED) is 0.775. The minimum Gasteiger partial charge on any atom is -0.354 e. The second kappa shape index (κ2) is 5.23. The van der Waals surface area contributed by atoms with Crippen LogP contribution in [0.5, 0.6) is 0 Å². The van der Waals surface area contributed by atoms with Crippen molar-refractivity contribution in [2.45, 2.75) is 13.0 Å². The van der Waals surface area contributed by atoms with Crippen LogP contribution in [0.15, 0.2) is 18.6 Å². The van der Waals surface area contributed by atoms with Crippen LogP contribution in [-0.2, 0) is 0 Å². The van der Waals surface area contributed by atoms with E-state index in [1.807, 2.05) is 6.07 Å². The molecule has 16 heavy (non-hydrogen) atoms. The summed E-state index contributed by atoms with van der Waals surface area (Å²) in [5.74, 6) is 1.02. The van der Waals surface area contributed by atoms with Gasteiger partial charge in [-0.1, -0.05) is 0 Å². The minimum atomic E-state index is 0.255. The van der Waals surface area contributed by atoms with Crippen molar-refractivity contribution in [1.82, 2.24) is 14.9 Å². The molecule has 0 aliphatic carbocycles. The number of hydrogen-bond acceptors (Lipinski definition) is 5. The number of anilines is 1. The van der Waals surface area contributed by atoms with Crippen LogP contribution in [0, 0.1) is 0 Å². The average molecular weight is 221 g/mol. The summed E-state index contributed by atoms with van der Waals surface area (Å²) in [6.07, 6.45) is 3.39. The second-order valence-electron chi connectivity index (χ2n) is 4.33. The van der Waals surface area contributed by atoms with Crippen molar-refractivity contribution in [3.8, 4) is 0 Å². The van der Waals surface area contributed by atoms with Crippen LogP contribution >= 0.6 is 0 Å². The highest BCUT2D eigenvalue weighted by molar-refractivity contribution is 5.36. The lowest BCUT2D eigenvalue weighted by atomic mass is 10.2. The molecule has 0 saturated carbocycles. The Morgan fingerprint density at radius 3 is 2.69 bits per heavy atom. The van der Waals surface area contributed by atoms with Crippen molar-refractivity contribution in [3.05, 3.63) is 18.6 Å². The normalized spacial score (nSPS) is 19.8. The Kier molecular flexibility index (Phi) is 3.69. The molecule has 0 unspecified atom stereocenters. The summed E-state index contributed by atoms with van der Waals surface area (Å²) in [5.41, 5.74) is 5.79. The molecule has 1 saturated heterocycles. The number of nitrogens with zero attached hydrogens (tertiary/aromatic N) is 4. The van der Waals surface area contributed by atoms with Gasteiger partial charge < -0.3 is 10.6 Å². The first kappa shape index (κ1) is 11.3. The summed E-state index contributed by atoms with van der Waals surface area (Å²) in [4.78, 5) is 12.9. The molecule has 1 atom stereocenters. The van der Waals surface area contributed by atoms with E-state index in [2.05, 4.69) is 26.7 Å². The van der Waals surface area contributed by atoms with Gasteiger partial charge in [-0.25, -0.2) is 9.97 Å². The van der Waals surface area contributed by atoms with Gasteiger partial charge in [0, 0.05) is 45.0 Å². The smallest absolute Gasteiger partial charge is 0.131 e. The monoisotopic (exact) mass is 221 g/mol. The maximum Gasteiger partial charge on any atom is 0.131 e. The summed E-state index contributed by atoms with van der Waals surface area (Å²) in [5, 5.41) is 0. The Morgan fingerprint density at radius 2 is 2.12 bits per heavy atom. The molecule has 2 rings (SSSR count). The number of aromatic nitrogens is 2. The van der Waals surface area contributed by atoms with Gasteiger partial charge >= 0.3 is 0 Å². The zero-order valence-corrected chi connectivity index (χ0v) is 9.71. The maximum atomic E-state index is 5.79. The van der Waals surface area contributed by atoms with Crippen LogP contribution in [0.4, 0.5) is 5.82 Å². The third kappa shape index (κ3) is 2.90. The molecule has 0 radical (unpaired) electrons. The van der Waals surface area contributed by atoms with E-state index in [-0.39, 0.29) is 6.04 Å². The predicted molar refractivity (Wildman–Crippen MR) is 64.3 cm³/mol. The highest BCUT2D eigenvalue weighted by Crippen LogP contribution is 2.11. The van der Waals surface area contributed by atoms with Crippen molar-refractivity contribution < 1.29 is 0 Å². The van der Waals surface area contributed by atoms with Gasteiger partial charge in [0.2, 0.25) is 0 Å². The first-order valence-electron chi connectivity index (χ1n) is 5.74. The summed E-state index contributed by atoms with van der Waals surface area (Å²) >= 11 is 0. The Balaban J connectivity index is 1.86. The van der Waals surface area contributed by atoms with Crippen molar-refractivity contribution >= 4 is 5.82 Å². The maximum absolute atomic E-state index is 5.79. The summed E-state index contributed by atoms with van der Waals surface area (Å²) in [6.45, 7) is 7.19. The van der Waals surface area contributed by atoms with Gasteiger partial charge in [0.15, 0.2) is 0 Å². The van der Waals surface area contributed by atoms with Crippen LogP contribution in [0.1, 0.15) is 6.92 Å². The molecule has 1 fully saturated rings. The minimum absolute atomic E-state index is 0.255. The van der Waals surface area contributed by atoms with Crippen molar-refractivity contribution in [2.75, 3.05) is 37.6 Å². The number of hydrogen-bond donors (Lipinski definition) is 1. The Hall–Kier alpha value is -1.20. The van der Waals surface area contributed by atoms with E-state index in [9.17, 15) is 0 Å². The molecule has 0 spiro atoms. The third-order valence-corrected chi connectivity index (χ3v) is 2.81. The standard InChI is InChI=1S/C11H19N5/c1-10(12)8-15-4-6-16(7-5-15)11-2-3-13-9-14-11/h2-3,9-10H,4-8,12H2,1H3/t10-/m1/s1. The van der Waals surface area contributed by atoms with Gasteiger partial charge in [-0.15, -0.1) is 0 Å². The molecule has 1 aromatic heterocycles. The first-order chi connectivity index (χ1) is 7.75. The molecule has 1 aliphatic rings. The van der Waals surface area contributed by atoms with Crippen LogP contribution in [0.25, 0.3) is 0 Å². The summed E-state index contributed by atoms with van der Waals surface area (Å²) in [7, 11) is 0. The zero-order chi connectivity index (χ0) is 11.4. The molecular weight excluding hydrogens is 202 g/mol. The van der Waals surface area contributed by atoms with Crippen molar-refractivity contribution in [1.29, 1.82) is 0 Å². The number of nitrogens with two attached hydrogens (primary N) is 1. The summed E-state index contributed by atoms with van der Waals surface area (Å²) < 4.78 is 0. The predicted octanol–water partition coefficient (Wildman–Crippen LogP) is -0.0542. The highest BCUT2D eigenvalue weighted by atomic mass is 15.3. The van der Waals surface area contributed by atoms with Gasteiger partial charge in [0.25, 0.3) is 0 Å². The lowest BCUT2D eigenvalue weighted by Crippen LogP contribution is -2.49. The van der Waals surface area contributed by atoms with E-state index in [1.165, 1.54) is 0 Å². The van der Waals surface area contributed by atoms with Crippen molar-refractivity contribution in [2.24, 2.45) is 5.73 Å². The SMILES string of the molecule is C[C@@H](N)CN1CCN(c2ccncn2)CC1. The molecule has 88 valence electrons. The van der Waals surface area contributed by atoms with E-state index in [4.69, 9.17) is 5.73 Å². The largest absolute Gasteiger partial charge is 0.354 e. The number of piperazine rings is 1. The van der Waals surface area contributed by atoms with E-state index in [0.717, 1.165) is 38.5 Å². The highest BCUT2D eigenvalue weighted by Gasteiger charge is 2.18. The van der Waals surface area contributed by atoms with Crippen molar-refractivity contribution in [3.63, 3.8) is 0 Å². The van der Waals surface area contributed by atoms with Gasteiger partial charge in [-0.3, -0.25) is 4.90 Å². The number of rotatable bonds is 3. The molecule has 0 amide bonds. The van der Waals surface area contributed by atoms with E-state index in [0.29, 0.717) is 0 Å². The molecule has 1 aliphatic heterocycles. The molecule has 5 heteroatoms. The van der Waals surface area contributed by atoms with Crippen LogP contribution in [0.2, 0.25) is 0 Å². The summed E-state index contributed by atoms with van der Waals surface area (Å²) in [6, 6.07) is 2.21. The van der Waals surface area contributed by atoms with Crippen LogP contribution in [-0.4, -0.2) is 53.6 Å². The van der Waals surface area contributed by atoms with E-state index < -0.39 is 0 Å². The Bertz CT molecular complexity index is 305. The lowest BCUT2D eigenvalue weighted by Gasteiger charge is -2.35. The third-order valence-electron chi connectivity index (χ3n) is 2.81. The van der Waals surface area contributed by atoms with Crippen LogP contribution in [0.3, 0.4) is 0 Å². The van der Waals surface area contributed by atoms with E-state index >= 15 is 0 Å². The molecule has 1 aromatic rings. The van der Waals surface area contributed by atoms with Crippen LogP contribution < -0.4 is 10.6 Å². The van der Waals surface area contributed by atoms with Gasteiger partial charge in [-0.2, -0.15) is 0 Å². The Morgan fingerprint density at radius 1 is 1.38 bits per heavy atom. The topological polar surface area (TPSA) is 58.3 Å². The van der Waals surface area contributed by atoms with Gasteiger partial charge in [0.1, 0.15) is 12.1 Å². The lowest BCUT2D eigenvalue weighted by molar-refractivity contribution is 0.246. The molecule has 0 bridgehead atoms.